The Morgan fingerprint density at radius 3 is 2.00 bits per heavy atom. The van der Waals surface area contributed by atoms with Gasteiger partial charge in [0.05, 0.1) is 12.1 Å². The summed E-state index contributed by atoms with van der Waals surface area (Å²) in [5, 5.41) is 4.17. The number of esters is 1. The lowest BCUT2D eigenvalue weighted by Gasteiger charge is -2.26. The van der Waals surface area contributed by atoms with Crippen LogP contribution in [0.1, 0.15) is 51.9 Å². The van der Waals surface area contributed by atoms with E-state index in [0.29, 0.717) is 4.90 Å². The largest absolute Gasteiger partial charge is 0.465 e. The van der Waals surface area contributed by atoms with Crippen molar-refractivity contribution in [3.8, 4) is 0 Å². The van der Waals surface area contributed by atoms with E-state index in [9.17, 15) is 14.4 Å². The van der Waals surface area contributed by atoms with Gasteiger partial charge in [-0.3, -0.25) is 0 Å². The van der Waals surface area contributed by atoms with Crippen LogP contribution < -0.4 is 4.90 Å². The molecule has 0 saturated carbocycles. The van der Waals surface area contributed by atoms with Gasteiger partial charge < -0.3 is 14.2 Å². The molecule has 0 bridgehead atoms. The molecule has 0 unspecified atom stereocenters. The number of anilines is 1. The maximum absolute atomic E-state index is 12.7. The third-order valence-corrected chi connectivity index (χ3v) is 3.50. The van der Waals surface area contributed by atoms with Crippen molar-refractivity contribution in [3.05, 3.63) is 22.8 Å². The number of nitrogens with zero attached hydrogens (tertiary/aromatic N) is 4. The van der Waals surface area contributed by atoms with Crippen LogP contribution in [-0.4, -0.2) is 51.1 Å². The van der Waals surface area contributed by atoms with E-state index in [1.54, 1.807) is 41.5 Å². The molecular weight excluding hydrogens is 404 g/mol. The molecule has 0 aliphatic heterocycles. The van der Waals surface area contributed by atoms with Crippen LogP contribution >= 0.6 is 11.6 Å². The molecule has 158 valence electrons. The number of imide groups is 1. The van der Waals surface area contributed by atoms with Crippen molar-refractivity contribution in [2.75, 3.05) is 12.0 Å². The Hall–Kier alpha value is -2.88. The number of amides is 2. The van der Waals surface area contributed by atoms with Crippen molar-refractivity contribution >= 4 is 41.4 Å². The molecule has 0 saturated heterocycles. The number of fused-ring (bicyclic) bond motifs is 1. The third-order valence-electron chi connectivity index (χ3n) is 3.19. The van der Waals surface area contributed by atoms with Crippen LogP contribution in [0, 0.1) is 0 Å². The summed E-state index contributed by atoms with van der Waals surface area (Å²) >= 11 is 6.09. The average Bonchev–Trinajstić information content (AvgIpc) is 2.93. The van der Waals surface area contributed by atoms with Crippen LogP contribution in [0.2, 0.25) is 5.02 Å². The molecule has 0 radical (unpaired) electrons. The molecule has 0 N–H and O–H groups in total. The minimum atomic E-state index is -1.03. The number of methoxy groups -OCH3 is 1. The summed E-state index contributed by atoms with van der Waals surface area (Å²) in [4.78, 5) is 42.2. The van der Waals surface area contributed by atoms with E-state index in [-0.39, 0.29) is 22.2 Å². The summed E-state index contributed by atoms with van der Waals surface area (Å²) in [5.74, 6) is -1.10. The van der Waals surface area contributed by atoms with Gasteiger partial charge in [0.25, 0.3) is 5.95 Å². The molecule has 2 amide bonds. The highest BCUT2D eigenvalue weighted by molar-refractivity contribution is 6.34. The Bertz CT molecular complexity index is 930. The topological polar surface area (TPSA) is 112 Å². The molecule has 0 aliphatic rings. The Morgan fingerprint density at radius 2 is 1.55 bits per heavy atom. The number of rotatable bonds is 2. The van der Waals surface area contributed by atoms with Crippen LogP contribution in [-0.2, 0) is 14.2 Å². The van der Waals surface area contributed by atoms with E-state index in [4.69, 9.17) is 25.8 Å². The van der Waals surface area contributed by atoms with Crippen molar-refractivity contribution in [2.45, 2.75) is 52.7 Å². The Labute approximate surface area is 172 Å². The predicted molar refractivity (Wildman–Crippen MR) is 104 cm³/mol. The van der Waals surface area contributed by atoms with Gasteiger partial charge in [0.1, 0.15) is 16.8 Å². The second-order valence-electron chi connectivity index (χ2n) is 8.01. The number of hydrogen-bond donors (Lipinski definition) is 0. The van der Waals surface area contributed by atoms with Gasteiger partial charge in [-0.15, -0.1) is 10.00 Å². The Morgan fingerprint density at radius 1 is 1.03 bits per heavy atom. The molecule has 0 aromatic carbocycles. The average molecular weight is 427 g/mol. The maximum atomic E-state index is 12.7. The van der Waals surface area contributed by atoms with Crippen LogP contribution in [0.25, 0.3) is 5.65 Å². The van der Waals surface area contributed by atoms with E-state index in [2.05, 4.69) is 10.1 Å². The van der Waals surface area contributed by atoms with E-state index in [1.807, 2.05) is 0 Å². The lowest BCUT2D eigenvalue weighted by atomic mass is 10.2. The SMILES string of the molecule is COC(=O)c1c(Cl)ccn2nc(N(C(=O)OC(C)(C)C)C(=O)OC(C)(C)C)nc12. The summed E-state index contributed by atoms with van der Waals surface area (Å²) in [5.41, 5.74) is -1.85. The molecule has 0 atom stereocenters. The lowest BCUT2D eigenvalue weighted by molar-refractivity contribution is 0.0426. The first-order valence-electron chi connectivity index (χ1n) is 8.63. The molecule has 2 aromatic rings. The number of ether oxygens (including phenoxy) is 3. The van der Waals surface area contributed by atoms with Crippen molar-refractivity contribution in [1.82, 2.24) is 14.6 Å². The van der Waals surface area contributed by atoms with Crippen molar-refractivity contribution < 1.29 is 28.6 Å². The fourth-order valence-electron chi connectivity index (χ4n) is 2.15. The number of hydrogen-bond acceptors (Lipinski definition) is 8. The van der Waals surface area contributed by atoms with Gasteiger partial charge >= 0.3 is 18.2 Å². The lowest BCUT2D eigenvalue weighted by Crippen LogP contribution is -2.44. The van der Waals surface area contributed by atoms with Gasteiger partial charge in [-0.05, 0) is 47.6 Å². The smallest absolute Gasteiger partial charge is 0.427 e. The van der Waals surface area contributed by atoms with E-state index < -0.39 is 29.4 Å². The fourth-order valence-corrected chi connectivity index (χ4v) is 2.37. The zero-order chi connectivity index (χ0) is 22.1. The van der Waals surface area contributed by atoms with Crippen LogP contribution in [0.4, 0.5) is 15.5 Å². The zero-order valence-corrected chi connectivity index (χ0v) is 18.0. The molecule has 2 aromatic heterocycles. The molecule has 10 nitrogen and oxygen atoms in total. The van der Waals surface area contributed by atoms with Gasteiger partial charge in [-0.1, -0.05) is 11.6 Å². The summed E-state index contributed by atoms with van der Waals surface area (Å²) in [6, 6.07) is 1.41. The van der Waals surface area contributed by atoms with Gasteiger partial charge in [0, 0.05) is 6.20 Å². The van der Waals surface area contributed by atoms with Crippen LogP contribution in [0.5, 0.6) is 0 Å². The minimum Gasteiger partial charge on any atom is -0.465 e. The molecule has 2 heterocycles. The monoisotopic (exact) mass is 426 g/mol. The maximum Gasteiger partial charge on any atom is 0.427 e. The highest BCUT2D eigenvalue weighted by atomic mass is 35.5. The molecular formula is C18H23ClN4O6. The van der Waals surface area contributed by atoms with Crippen LogP contribution in [0.15, 0.2) is 12.3 Å². The Balaban J connectivity index is 2.61. The van der Waals surface area contributed by atoms with Gasteiger partial charge in [-0.2, -0.15) is 4.98 Å². The number of carbonyl (C=O) groups excluding carboxylic acids is 3. The van der Waals surface area contributed by atoms with Crippen molar-refractivity contribution in [2.24, 2.45) is 0 Å². The van der Waals surface area contributed by atoms with Gasteiger partial charge in [0.15, 0.2) is 5.65 Å². The zero-order valence-electron chi connectivity index (χ0n) is 17.3. The third kappa shape index (κ3) is 5.35. The number of pyridine rings is 1. The molecule has 0 spiro atoms. The van der Waals surface area contributed by atoms with E-state index >= 15 is 0 Å². The van der Waals surface area contributed by atoms with Gasteiger partial charge in [0.2, 0.25) is 0 Å². The first-order valence-corrected chi connectivity index (χ1v) is 9.00. The highest BCUT2D eigenvalue weighted by Gasteiger charge is 2.36. The van der Waals surface area contributed by atoms with Crippen molar-refractivity contribution in [1.29, 1.82) is 0 Å². The van der Waals surface area contributed by atoms with Crippen molar-refractivity contribution in [3.63, 3.8) is 0 Å². The molecule has 0 aliphatic carbocycles. The molecule has 29 heavy (non-hydrogen) atoms. The quantitative estimate of drug-likeness (QED) is 0.525. The first-order chi connectivity index (χ1) is 13.2. The second kappa shape index (κ2) is 7.86. The van der Waals surface area contributed by atoms with Gasteiger partial charge in [-0.25, -0.2) is 18.9 Å². The molecule has 0 fully saturated rings. The number of carbonyl (C=O) groups is 3. The normalized spacial score (nSPS) is 11.9. The molecule has 11 heteroatoms. The number of aromatic nitrogens is 3. The second-order valence-corrected chi connectivity index (χ2v) is 8.41. The Kier molecular flexibility index (Phi) is 6.07. The fraction of sp³-hybridized carbons (Fsp3) is 0.500. The summed E-state index contributed by atoms with van der Waals surface area (Å²) < 4.78 is 16.5. The van der Waals surface area contributed by atoms with E-state index in [1.165, 1.54) is 23.9 Å². The number of halogens is 1. The summed E-state index contributed by atoms with van der Waals surface area (Å²) in [6.07, 6.45) is -0.648. The predicted octanol–water partition coefficient (Wildman–Crippen LogP) is 3.85. The molecule has 2 rings (SSSR count). The minimum absolute atomic E-state index is 0.00327. The standard InChI is InChI=1S/C18H23ClN4O6/c1-17(2,3)28-15(25)23(16(26)29-18(4,5)6)14-20-12-11(13(24)27-7)10(19)8-9-22(12)21-14/h8-9H,1-7H3. The summed E-state index contributed by atoms with van der Waals surface area (Å²) in [7, 11) is 1.19. The van der Waals surface area contributed by atoms with Crippen LogP contribution in [0.3, 0.4) is 0 Å². The van der Waals surface area contributed by atoms with E-state index in [0.717, 1.165) is 0 Å². The first kappa shape index (κ1) is 22.4. The summed E-state index contributed by atoms with van der Waals surface area (Å²) in [6.45, 7) is 9.86. The highest BCUT2D eigenvalue weighted by Crippen LogP contribution is 2.24.